The minimum absolute atomic E-state index is 0.0757. The van der Waals surface area contributed by atoms with Crippen LogP contribution in [0.1, 0.15) is 12.0 Å². The second-order valence-corrected chi connectivity index (χ2v) is 7.34. The van der Waals surface area contributed by atoms with Crippen LogP contribution >= 0.6 is 11.8 Å². The maximum atomic E-state index is 13.1. The van der Waals surface area contributed by atoms with Gasteiger partial charge in [-0.05, 0) is 42.5 Å². The molecule has 2 aromatic rings. The lowest BCUT2D eigenvalue weighted by molar-refractivity contribution is -0.384. The second-order valence-electron chi connectivity index (χ2n) is 6.33. The van der Waals surface area contributed by atoms with Gasteiger partial charge in [0.1, 0.15) is 5.75 Å². The second kappa shape index (κ2) is 10.0. The van der Waals surface area contributed by atoms with Crippen molar-refractivity contribution in [1.82, 2.24) is 4.90 Å². The van der Waals surface area contributed by atoms with E-state index < -0.39 is 4.92 Å². The minimum Gasteiger partial charge on any atom is -0.496 e. The molecular weight excluding hydrogens is 406 g/mol. The molecule has 0 spiro atoms. The van der Waals surface area contributed by atoms with Gasteiger partial charge in [-0.25, -0.2) is 4.99 Å². The quantitative estimate of drug-likeness (QED) is 0.271. The summed E-state index contributed by atoms with van der Waals surface area (Å²) in [6, 6.07) is 13.6. The summed E-state index contributed by atoms with van der Waals surface area (Å²) in [7, 11) is 3.09. The molecule has 2 aromatic carbocycles. The first-order valence-corrected chi connectivity index (χ1v) is 10.0. The third-order valence-electron chi connectivity index (χ3n) is 4.31. The van der Waals surface area contributed by atoms with Crippen molar-refractivity contribution in [2.45, 2.75) is 6.42 Å². The van der Waals surface area contributed by atoms with Gasteiger partial charge in [0.05, 0.1) is 22.6 Å². The van der Waals surface area contributed by atoms with Gasteiger partial charge in [0, 0.05) is 38.0 Å². The van der Waals surface area contributed by atoms with E-state index >= 15 is 0 Å². The molecule has 0 aliphatic carbocycles. The first kappa shape index (κ1) is 21.5. The van der Waals surface area contributed by atoms with Crippen LogP contribution in [0.25, 0.3) is 6.08 Å². The average Bonchev–Trinajstić information content (AvgIpc) is 3.03. The highest BCUT2D eigenvalue weighted by Crippen LogP contribution is 2.36. The monoisotopic (exact) mass is 427 g/mol. The Labute approximate surface area is 178 Å². The van der Waals surface area contributed by atoms with Gasteiger partial charge in [0.25, 0.3) is 11.6 Å². The molecule has 1 aliphatic heterocycles. The molecule has 0 atom stereocenters. The van der Waals surface area contributed by atoms with Crippen molar-refractivity contribution in [2.24, 2.45) is 4.99 Å². The van der Waals surface area contributed by atoms with Crippen LogP contribution in [0.15, 0.2) is 58.4 Å². The van der Waals surface area contributed by atoms with Gasteiger partial charge in [-0.2, -0.15) is 0 Å². The molecule has 0 aromatic heterocycles. The number of aliphatic imine (C=N–C) groups is 1. The average molecular weight is 427 g/mol. The predicted octanol–water partition coefficient (Wildman–Crippen LogP) is 4.24. The highest BCUT2D eigenvalue weighted by Gasteiger charge is 2.33. The Morgan fingerprint density at radius 2 is 1.97 bits per heavy atom. The number of amides is 1. The standard InChI is InChI=1S/C21H21N3O5S/c1-28-12-6-11-23-20(25)19(30-21(23)22-16-7-4-3-5-8-16)14-15-13-17(24(26)27)9-10-18(15)29-2/h3-5,7-10,13-14H,6,11-12H2,1-2H3/b19-14-,22-21?. The Morgan fingerprint density at radius 3 is 2.63 bits per heavy atom. The van der Waals surface area contributed by atoms with E-state index in [4.69, 9.17) is 9.47 Å². The Bertz CT molecular complexity index is 991. The van der Waals surface area contributed by atoms with Gasteiger partial charge in [-0.15, -0.1) is 0 Å². The largest absolute Gasteiger partial charge is 0.496 e. The summed E-state index contributed by atoms with van der Waals surface area (Å²) in [4.78, 5) is 30.4. The van der Waals surface area contributed by atoms with Crippen molar-refractivity contribution >= 4 is 40.3 Å². The molecule has 0 bridgehead atoms. The number of hydrogen-bond acceptors (Lipinski definition) is 7. The Hall–Kier alpha value is -3.17. The molecule has 1 aliphatic rings. The summed E-state index contributed by atoms with van der Waals surface area (Å²) in [5, 5.41) is 11.7. The SMILES string of the molecule is COCCCN1C(=O)/C(=C/c2cc([N+](=O)[O-])ccc2OC)SC1=Nc1ccccc1. The molecule has 3 rings (SSSR count). The topological polar surface area (TPSA) is 94.3 Å². The van der Waals surface area contributed by atoms with Crippen molar-refractivity contribution in [3.63, 3.8) is 0 Å². The van der Waals surface area contributed by atoms with Crippen LogP contribution in [0, 0.1) is 10.1 Å². The van der Waals surface area contributed by atoms with Gasteiger partial charge < -0.3 is 9.47 Å². The number of ether oxygens (including phenoxy) is 2. The smallest absolute Gasteiger partial charge is 0.270 e. The van der Waals surface area contributed by atoms with Gasteiger partial charge in [0.2, 0.25) is 0 Å². The Kier molecular flexibility index (Phi) is 7.21. The van der Waals surface area contributed by atoms with Crippen LogP contribution in [0.2, 0.25) is 0 Å². The third kappa shape index (κ3) is 5.05. The zero-order valence-corrected chi connectivity index (χ0v) is 17.4. The fourth-order valence-electron chi connectivity index (χ4n) is 2.86. The zero-order chi connectivity index (χ0) is 21.5. The van der Waals surface area contributed by atoms with E-state index in [1.807, 2.05) is 30.3 Å². The fraction of sp³-hybridized carbons (Fsp3) is 0.238. The summed E-state index contributed by atoms with van der Waals surface area (Å²) in [5.41, 5.74) is 1.12. The Balaban J connectivity index is 1.97. The lowest BCUT2D eigenvalue weighted by Crippen LogP contribution is -2.30. The van der Waals surface area contributed by atoms with Crippen LogP contribution in [0.4, 0.5) is 11.4 Å². The van der Waals surface area contributed by atoms with E-state index in [1.165, 1.54) is 37.1 Å². The molecule has 0 N–H and O–H groups in total. The molecule has 9 heteroatoms. The van der Waals surface area contributed by atoms with Crippen LogP contribution in [-0.2, 0) is 9.53 Å². The summed E-state index contributed by atoms with van der Waals surface area (Å²) >= 11 is 1.23. The molecular formula is C21H21N3O5S. The van der Waals surface area contributed by atoms with Crippen LogP contribution in [-0.4, -0.2) is 48.3 Å². The number of rotatable bonds is 8. The number of benzene rings is 2. The van der Waals surface area contributed by atoms with E-state index in [0.717, 1.165) is 5.69 Å². The number of carbonyl (C=O) groups excluding carboxylic acids is 1. The van der Waals surface area contributed by atoms with Gasteiger partial charge in [-0.1, -0.05) is 18.2 Å². The van der Waals surface area contributed by atoms with Crippen molar-refractivity contribution < 1.29 is 19.2 Å². The number of hydrogen-bond donors (Lipinski definition) is 0. The van der Waals surface area contributed by atoms with Crippen molar-refractivity contribution in [2.75, 3.05) is 27.4 Å². The first-order chi connectivity index (χ1) is 14.5. The van der Waals surface area contributed by atoms with Crippen LogP contribution in [0.5, 0.6) is 5.75 Å². The molecule has 1 fully saturated rings. The van der Waals surface area contributed by atoms with Gasteiger partial charge in [-0.3, -0.25) is 19.8 Å². The lowest BCUT2D eigenvalue weighted by atomic mass is 10.1. The van der Waals surface area contributed by atoms with Gasteiger partial charge in [0.15, 0.2) is 5.17 Å². The number of thioether (sulfide) groups is 1. The van der Waals surface area contributed by atoms with E-state index in [9.17, 15) is 14.9 Å². The number of methoxy groups -OCH3 is 2. The molecule has 0 saturated carbocycles. The van der Waals surface area contributed by atoms with Crippen LogP contribution in [0.3, 0.4) is 0 Å². The number of para-hydroxylation sites is 1. The number of carbonyl (C=O) groups is 1. The summed E-state index contributed by atoms with van der Waals surface area (Å²) in [6.07, 6.45) is 2.26. The Morgan fingerprint density at radius 1 is 1.20 bits per heavy atom. The number of nitro groups is 1. The van der Waals surface area contributed by atoms with Crippen molar-refractivity contribution in [3.8, 4) is 5.75 Å². The van der Waals surface area contributed by atoms with Crippen molar-refractivity contribution in [1.29, 1.82) is 0 Å². The molecule has 30 heavy (non-hydrogen) atoms. The van der Waals surface area contributed by atoms with Crippen LogP contribution < -0.4 is 4.74 Å². The van der Waals surface area contributed by atoms with Gasteiger partial charge >= 0.3 is 0 Å². The molecule has 156 valence electrons. The molecule has 0 unspecified atom stereocenters. The maximum Gasteiger partial charge on any atom is 0.270 e. The number of amidine groups is 1. The van der Waals surface area contributed by atoms with E-state index in [2.05, 4.69) is 4.99 Å². The number of nitro benzene ring substituents is 1. The highest BCUT2D eigenvalue weighted by molar-refractivity contribution is 8.18. The van der Waals surface area contributed by atoms with E-state index in [0.29, 0.717) is 41.0 Å². The van der Waals surface area contributed by atoms with Crippen molar-refractivity contribution in [3.05, 3.63) is 69.1 Å². The molecule has 1 amide bonds. The molecule has 1 heterocycles. The zero-order valence-electron chi connectivity index (χ0n) is 16.6. The first-order valence-electron chi connectivity index (χ1n) is 9.20. The third-order valence-corrected chi connectivity index (χ3v) is 5.32. The highest BCUT2D eigenvalue weighted by atomic mass is 32.2. The maximum absolute atomic E-state index is 13.1. The summed E-state index contributed by atoms with van der Waals surface area (Å²) < 4.78 is 10.4. The predicted molar refractivity (Wildman–Crippen MR) is 117 cm³/mol. The lowest BCUT2D eigenvalue weighted by Gasteiger charge is -2.15. The molecule has 8 nitrogen and oxygen atoms in total. The fourth-order valence-corrected chi connectivity index (χ4v) is 3.87. The summed E-state index contributed by atoms with van der Waals surface area (Å²) in [6.45, 7) is 0.972. The van der Waals surface area contributed by atoms with E-state index in [1.54, 1.807) is 18.1 Å². The van der Waals surface area contributed by atoms with E-state index in [-0.39, 0.29) is 11.6 Å². The summed E-state index contributed by atoms with van der Waals surface area (Å²) in [5.74, 6) is 0.236. The number of non-ortho nitro benzene ring substituents is 1. The molecule has 0 radical (unpaired) electrons. The molecule has 1 saturated heterocycles. The number of nitrogens with zero attached hydrogens (tertiary/aromatic N) is 3. The normalized spacial score (nSPS) is 16.5. The minimum atomic E-state index is -0.482.